The number of nitro benzene ring substituents is 1. The summed E-state index contributed by atoms with van der Waals surface area (Å²) in [6.07, 6.45) is 0. The lowest BCUT2D eigenvalue weighted by Crippen LogP contribution is -2.18. The number of amides is 1. The van der Waals surface area contributed by atoms with Crippen LogP contribution in [0.25, 0.3) is 56.0 Å². The fraction of sp³-hybridized carbons (Fsp3) is 0.0968. The highest BCUT2D eigenvalue weighted by Gasteiger charge is 2.24. The maximum atomic E-state index is 13.6. The van der Waals surface area contributed by atoms with Crippen molar-refractivity contribution in [2.24, 2.45) is 0 Å². The van der Waals surface area contributed by atoms with E-state index in [9.17, 15) is 19.3 Å². The number of nitro groups is 1. The molecule has 0 unspecified atom stereocenters. The van der Waals surface area contributed by atoms with Crippen molar-refractivity contribution in [3.05, 3.63) is 100 Å². The minimum Gasteiger partial charge on any atom is -0.455 e. The number of furan rings is 1. The van der Waals surface area contributed by atoms with Gasteiger partial charge in [-0.1, -0.05) is 12.1 Å². The van der Waals surface area contributed by atoms with Gasteiger partial charge in [0.1, 0.15) is 22.7 Å². The molecule has 1 N–H and O–H groups in total. The Kier molecular flexibility index (Phi) is 6.22. The second-order valence-electron chi connectivity index (χ2n) is 9.66. The number of nitrogens with zero attached hydrogens (tertiary/aromatic N) is 3. The fourth-order valence-electron chi connectivity index (χ4n) is 4.86. The zero-order valence-corrected chi connectivity index (χ0v) is 22.3. The summed E-state index contributed by atoms with van der Waals surface area (Å²) in [7, 11) is 5.36. The van der Waals surface area contributed by atoms with Crippen LogP contribution in [0.5, 0.6) is 0 Å². The molecule has 0 aliphatic carbocycles. The maximum Gasteiger partial charge on any atom is 0.271 e. The molecule has 0 bridgehead atoms. The number of aromatic nitrogens is 1. The van der Waals surface area contributed by atoms with Crippen molar-refractivity contribution in [1.29, 1.82) is 0 Å². The third-order valence-corrected chi connectivity index (χ3v) is 6.85. The molecule has 0 fully saturated rings. The van der Waals surface area contributed by atoms with Gasteiger partial charge in [0.25, 0.3) is 11.6 Å². The zero-order valence-electron chi connectivity index (χ0n) is 22.3. The van der Waals surface area contributed by atoms with Crippen LogP contribution >= 0.6 is 0 Å². The average molecular weight is 551 g/mol. The molecule has 0 saturated heterocycles. The lowest BCUT2D eigenvalue weighted by molar-refractivity contribution is -0.384. The van der Waals surface area contributed by atoms with E-state index in [2.05, 4.69) is 10.3 Å². The number of benzene rings is 4. The zero-order chi connectivity index (χ0) is 28.8. The molecule has 6 rings (SSSR count). The molecule has 41 heavy (non-hydrogen) atoms. The van der Waals surface area contributed by atoms with Gasteiger partial charge in [-0.05, 0) is 54.1 Å². The number of anilines is 1. The van der Waals surface area contributed by atoms with E-state index >= 15 is 0 Å². The topological polar surface area (TPSA) is 115 Å². The number of oxazole rings is 1. The molecular weight excluding hydrogens is 527 g/mol. The SMILES string of the molecule is CNC(=O)c1c(-c2ccc(F)cc2)oc2cc(N(C)C)c(-c3cccc(-c4nc5cc([N+](=O)[O-])ccc5o4)c3)cc12. The third kappa shape index (κ3) is 4.55. The molecule has 4 aromatic carbocycles. The molecule has 6 aromatic rings. The van der Waals surface area contributed by atoms with Crippen LogP contribution in [0.1, 0.15) is 10.4 Å². The van der Waals surface area contributed by atoms with Gasteiger partial charge in [0.2, 0.25) is 5.89 Å². The van der Waals surface area contributed by atoms with Crippen LogP contribution in [0.15, 0.2) is 87.7 Å². The number of fused-ring (bicyclic) bond motifs is 2. The third-order valence-electron chi connectivity index (χ3n) is 6.85. The van der Waals surface area contributed by atoms with Crippen molar-refractivity contribution in [1.82, 2.24) is 10.3 Å². The van der Waals surface area contributed by atoms with E-state index in [0.29, 0.717) is 50.4 Å². The summed E-state index contributed by atoms with van der Waals surface area (Å²) in [5, 5.41) is 14.5. The van der Waals surface area contributed by atoms with E-state index < -0.39 is 4.92 Å². The van der Waals surface area contributed by atoms with Crippen molar-refractivity contribution >= 4 is 39.4 Å². The lowest BCUT2D eigenvalue weighted by Gasteiger charge is -2.18. The molecule has 9 nitrogen and oxygen atoms in total. The number of hydrogen-bond donors (Lipinski definition) is 1. The number of hydrogen-bond acceptors (Lipinski definition) is 7. The monoisotopic (exact) mass is 550 g/mol. The van der Waals surface area contributed by atoms with Crippen LogP contribution < -0.4 is 10.2 Å². The molecule has 0 spiro atoms. The Morgan fingerprint density at radius 3 is 2.39 bits per heavy atom. The van der Waals surface area contributed by atoms with Crippen LogP contribution in [-0.4, -0.2) is 37.0 Å². The highest BCUT2D eigenvalue weighted by Crippen LogP contribution is 2.41. The van der Waals surface area contributed by atoms with Crippen molar-refractivity contribution in [3.8, 4) is 33.9 Å². The minimum absolute atomic E-state index is 0.0675. The number of nitrogens with one attached hydrogen (secondary N) is 1. The molecule has 0 saturated carbocycles. The van der Waals surface area contributed by atoms with E-state index in [1.807, 2.05) is 55.4 Å². The summed E-state index contributed by atoms with van der Waals surface area (Å²) in [4.78, 5) is 30.2. The van der Waals surface area contributed by atoms with Crippen molar-refractivity contribution in [2.45, 2.75) is 0 Å². The first-order valence-electron chi connectivity index (χ1n) is 12.6. The summed E-state index contributed by atoms with van der Waals surface area (Å²) < 4.78 is 25.7. The van der Waals surface area contributed by atoms with Crippen molar-refractivity contribution < 1.29 is 22.9 Å². The summed E-state index contributed by atoms with van der Waals surface area (Å²) in [5.41, 5.74) is 5.35. The van der Waals surface area contributed by atoms with Crippen molar-refractivity contribution in [2.75, 3.05) is 26.0 Å². The quantitative estimate of drug-likeness (QED) is 0.175. The first kappa shape index (κ1) is 25.8. The number of carbonyl (C=O) groups is 1. The summed E-state index contributed by atoms with van der Waals surface area (Å²) in [5.74, 6) is -0.0557. The molecular formula is C31H23FN4O5. The molecule has 10 heteroatoms. The van der Waals surface area contributed by atoms with Gasteiger partial charge in [0.05, 0.1) is 10.5 Å². The summed E-state index contributed by atoms with van der Waals surface area (Å²) in [6.45, 7) is 0. The lowest BCUT2D eigenvalue weighted by atomic mass is 9.97. The highest BCUT2D eigenvalue weighted by atomic mass is 19.1. The number of halogens is 1. The van der Waals surface area contributed by atoms with Crippen LogP contribution in [0, 0.1) is 15.9 Å². The number of non-ortho nitro benzene ring substituents is 1. The van der Waals surface area contributed by atoms with Crippen LogP contribution in [-0.2, 0) is 0 Å². The smallest absolute Gasteiger partial charge is 0.271 e. The summed E-state index contributed by atoms with van der Waals surface area (Å²) >= 11 is 0. The Balaban J connectivity index is 1.52. The van der Waals surface area contributed by atoms with Gasteiger partial charge in [0.15, 0.2) is 5.58 Å². The molecule has 0 aliphatic rings. The second kappa shape index (κ2) is 9.91. The van der Waals surface area contributed by atoms with E-state index in [1.54, 1.807) is 19.2 Å². The largest absolute Gasteiger partial charge is 0.455 e. The highest BCUT2D eigenvalue weighted by molar-refractivity contribution is 6.13. The van der Waals surface area contributed by atoms with E-state index in [1.165, 1.54) is 30.3 Å². The molecule has 0 radical (unpaired) electrons. The number of carbonyl (C=O) groups excluding carboxylic acids is 1. The summed E-state index contributed by atoms with van der Waals surface area (Å²) in [6, 6.07) is 21.4. The standard InChI is InChI=1S/C31H23FN4O5/c1-33-30(37)28-23-15-22(25(35(2)3)16-27(23)40-29(28)17-7-9-20(32)10-8-17)18-5-4-6-19(13-18)31-34-24-14-21(36(38)39)11-12-26(24)41-31/h4-16H,1-3H3,(H,33,37). The minimum atomic E-state index is -0.474. The van der Waals surface area contributed by atoms with Gasteiger partial charge in [-0.15, -0.1) is 0 Å². The van der Waals surface area contributed by atoms with Gasteiger partial charge >= 0.3 is 0 Å². The fourth-order valence-corrected chi connectivity index (χ4v) is 4.86. The van der Waals surface area contributed by atoms with Crippen LogP contribution in [0.3, 0.4) is 0 Å². The van der Waals surface area contributed by atoms with Crippen LogP contribution in [0.4, 0.5) is 15.8 Å². The molecule has 2 aromatic heterocycles. The Morgan fingerprint density at radius 2 is 1.68 bits per heavy atom. The molecule has 1 amide bonds. The average Bonchev–Trinajstić information content (AvgIpc) is 3.57. The Morgan fingerprint density at radius 1 is 0.927 bits per heavy atom. The molecule has 0 aliphatic heterocycles. The maximum absolute atomic E-state index is 13.6. The predicted molar refractivity (Wildman–Crippen MR) is 154 cm³/mol. The molecule has 204 valence electrons. The van der Waals surface area contributed by atoms with Crippen molar-refractivity contribution in [3.63, 3.8) is 0 Å². The Bertz CT molecular complexity index is 1970. The number of rotatable bonds is 6. The van der Waals surface area contributed by atoms with Crippen LogP contribution in [0.2, 0.25) is 0 Å². The Hall–Kier alpha value is -5.51. The van der Waals surface area contributed by atoms with E-state index in [-0.39, 0.29) is 17.4 Å². The van der Waals surface area contributed by atoms with Gasteiger partial charge in [-0.2, -0.15) is 0 Å². The van der Waals surface area contributed by atoms with Gasteiger partial charge in [0, 0.05) is 67.1 Å². The predicted octanol–water partition coefficient (Wildman–Crippen LogP) is 7.05. The van der Waals surface area contributed by atoms with E-state index in [4.69, 9.17) is 8.83 Å². The molecule has 2 heterocycles. The van der Waals surface area contributed by atoms with E-state index in [0.717, 1.165) is 16.8 Å². The van der Waals surface area contributed by atoms with Gasteiger partial charge in [-0.3, -0.25) is 14.9 Å². The normalized spacial score (nSPS) is 11.2. The Labute approximate surface area is 233 Å². The second-order valence-corrected chi connectivity index (χ2v) is 9.66. The van der Waals surface area contributed by atoms with Gasteiger partial charge < -0.3 is 19.1 Å². The first-order valence-corrected chi connectivity index (χ1v) is 12.6. The molecule has 0 atom stereocenters. The first-order chi connectivity index (χ1) is 19.7. The van der Waals surface area contributed by atoms with Gasteiger partial charge in [-0.25, -0.2) is 9.37 Å².